The molecule has 1 aromatic heterocycles. The second kappa shape index (κ2) is 14.3. The van der Waals surface area contributed by atoms with Crippen molar-refractivity contribution in [1.82, 2.24) is 25.1 Å². The fraction of sp³-hybridized carbons (Fsp3) is 0.719. The first-order valence-corrected chi connectivity index (χ1v) is 19.5. The van der Waals surface area contributed by atoms with E-state index in [2.05, 4.69) is 30.3 Å². The Bertz CT molecular complexity index is 1400. The van der Waals surface area contributed by atoms with E-state index in [-0.39, 0.29) is 25.2 Å². The summed E-state index contributed by atoms with van der Waals surface area (Å²) < 4.78 is 65.6. The topological polar surface area (TPSA) is 116 Å². The Morgan fingerprint density at radius 3 is 2.32 bits per heavy atom. The van der Waals surface area contributed by atoms with Gasteiger partial charge in [0.05, 0.1) is 35.8 Å². The molecule has 3 amide bonds. The van der Waals surface area contributed by atoms with Gasteiger partial charge in [-0.3, -0.25) is 0 Å². The van der Waals surface area contributed by atoms with Gasteiger partial charge in [0, 0.05) is 28.3 Å². The summed E-state index contributed by atoms with van der Waals surface area (Å²) in [4.78, 5) is 32.4. The van der Waals surface area contributed by atoms with Crippen molar-refractivity contribution in [2.24, 2.45) is 0 Å². The Kier molecular flexibility index (Phi) is 11.7. The molecule has 2 aromatic rings. The molecule has 1 unspecified atom stereocenters. The van der Waals surface area contributed by atoms with Gasteiger partial charge >= 0.3 is 18.3 Å². The van der Waals surface area contributed by atoms with Gasteiger partial charge in [0.25, 0.3) is 0 Å². The quantitative estimate of drug-likeness (QED) is 0.167. The average molecular weight is 688 g/mol. The number of hydrogen-bond donors (Lipinski definition) is 2. The molecular weight excluding hydrogens is 635 g/mol. The number of alkyl carbamates (subject to hydrolysis) is 1. The largest absolute Gasteiger partial charge is 0.444 e. The van der Waals surface area contributed by atoms with Gasteiger partial charge in [0.2, 0.25) is 0 Å². The summed E-state index contributed by atoms with van der Waals surface area (Å²) in [6.45, 7) is 18.1. The molecule has 2 atom stereocenters. The molecule has 2 N–H and O–H groups in total. The minimum absolute atomic E-state index is 0.0150. The van der Waals surface area contributed by atoms with E-state index >= 15 is 0 Å². The minimum atomic E-state index is -4.66. The number of hydrogen-bond acceptors (Lipinski definition) is 7. The molecule has 0 aliphatic carbocycles. The third-order valence-corrected chi connectivity index (χ3v) is 9.38. The van der Waals surface area contributed by atoms with Gasteiger partial charge in [-0.1, -0.05) is 25.7 Å². The highest BCUT2D eigenvalue weighted by molar-refractivity contribution is 6.76. The van der Waals surface area contributed by atoms with Crippen molar-refractivity contribution < 1.29 is 41.7 Å². The number of carbonyl (C=O) groups excluding carboxylic acids is 2. The van der Waals surface area contributed by atoms with Crippen LogP contribution in [-0.4, -0.2) is 91.0 Å². The van der Waals surface area contributed by atoms with Gasteiger partial charge in [-0.2, -0.15) is 13.2 Å². The molecule has 47 heavy (non-hydrogen) atoms. The van der Waals surface area contributed by atoms with Gasteiger partial charge in [0.1, 0.15) is 24.2 Å². The van der Waals surface area contributed by atoms with Gasteiger partial charge in [0.15, 0.2) is 5.60 Å². The number of aromatic nitrogens is 2. The lowest BCUT2D eigenvalue weighted by molar-refractivity contribution is -0.265. The fourth-order valence-electron chi connectivity index (χ4n) is 4.98. The molecule has 11 nitrogen and oxygen atoms in total. The van der Waals surface area contributed by atoms with E-state index in [1.165, 1.54) is 0 Å². The van der Waals surface area contributed by atoms with Crippen molar-refractivity contribution in [2.45, 2.75) is 116 Å². The molecule has 1 aliphatic heterocycles. The van der Waals surface area contributed by atoms with Crippen molar-refractivity contribution in [3.8, 4) is 0 Å². The number of fused-ring (bicyclic) bond motifs is 1. The van der Waals surface area contributed by atoms with Crippen molar-refractivity contribution in [3.05, 3.63) is 29.6 Å². The Morgan fingerprint density at radius 2 is 1.79 bits per heavy atom. The van der Waals surface area contributed by atoms with E-state index < -0.39 is 55.8 Å². The van der Waals surface area contributed by atoms with Crippen LogP contribution in [-0.2, 0) is 25.7 Å². The van der Waals surface area contributed by atoms with E-state index in [9.17, 15) is 22.8 Å². The Hall–Kier alpha value is -2.88. The highest BCUT2D eigenvalue weighted by atomic mass is 28.3. The number of rotatable bonds is 14. The number of ether oxygens (including phenoxy) is 4. The summed E-state index contributed by atoms with van der Waals surface area (Å²) in [6, 6.07) is 4.60. The molecule has 1 aromatic carbocycles. The molecule has 1 saturated heterocycles. The molecule has 0 spiro atoms. The first kappa shape index (κ1) is 38.6. The molecular formula is C32H52F3N5O6Si. The zero-order valence-electron chi connectivity index (χ0n) is 29.6. The number of methoxy groups -OCH3 is 1. The predicted octanol–water partition coefficient (Wildman–Crippen LogP) is 6.76. The van der Waals surface area contributed by atoms with Crippen LogP contribution in [0.4, 0.5) is 22.8 Å². The lowest BCUT2D eigenvalue weighted by Gasteiger charge is -2.31. The number of benzene rings is 1. The summed E-state index contributed by atoms with van der Waals surface area (Å²) >= 11 is 0. The second-order valence-corrected chi connectivity index (χ2v) is 21.0. The third-order valence-electron chi connectivity index (χ3n) is 7.67. The second-order valence-electron chi connectivity index (χ2n) is 15.4. The number of nitrogens with one attached hydrogen (secondary N) is 2. The van der Waals surface area contributed by atoms with Crippen LogP contribution in [0.25, 0.3) is 11.0 Å². The van der Waals surface area contributed by atoms with Crippen LogP contribution in [0.3, 0.4) is 0 Å². The number of amides is 3. The van der Waals surface area contributed by atoms with E-state index in [0.29, 0.717) is 24.2 Å². The van der Waals surface area contributed by atoms with Crippen molar-refractivity contribution in [2.75, 3.05) is 33.5 Å². The highest BCUT2D eigenvalue weighted by Gasteiger charge is 2.49. The molecule has 0 saturated carbocycles. The van der Waals surface area contributed by atoms with Crippen LogP contribution in [0, 0.1) is 0 Å². The highest BCUT2D eigenvalue weighted by Crippen LogP contribution is 2.35. The van der Waals surface area contributed by atoms with Crippen molar-refractivity contribution in [3.63, 3.8) is 0 Å². The summed E-state index contributed by atoms with van der Waals surface area (Å²) in [5.74, 6) is 0.234. The van der Waals surface area contributed by atoms with Crippen molar-refractivity contribution in [1.29, 1.82) is 0 Å². The minimum Gasteiger partial charge on any atom is -0.444 e. The molecule has 1 aliphatic rings. The first-order valence-electron chi connectivity index (χ1n) is 15.8. The fourth-order valence-corrected chi connectivity index (χ4v) is 5.74. The number of imidazole rings is 1. The Balaban J connectivity index is 2.12. The summed E-state index contributed by atoms with van der Waals surface area (Å²) in [5.41, 5.74) is -1.90. The number of carbonyl (C=O) groups is 2. The van der Waals surface area contributed by atoms with Gasteiger partial charge < -0.3 is 39.0 Å². The van der Waals surface area contributed by atoms with Gasteiger partial charge in [-0.25, -0.2) is 14.6 Å². The maximum absolute atomic E-state index is 13.8. The lowest BCUT2D eigenvalue weighted by atomic mass is 10.0. The smallest absolute Gasteiger partial charge is 0.416 e. The molecule has 2 heterocycles. The van der Waals surface area contributed by atoms with Crippen LogP contribution < -0.4 is 10.6 Å². The van der Waals surface area contributed by atoms with Crippen LogP contribution in [0.2, 0.25) is 25.7 Å². The maximum Gasteiger partial charge on any atom is 0.416 e. The first-order chi connectivity index (χ1) is 21.4. The number of nitrogens with zero attached hydrogens (tertiary/aromatic N) is 3. The zero-order chi connectivity index (χ0) is 35.6. The lowest BCUT2D eigenvalue weighted by Crippen LogP contribution is -2.45. The number of halogens is 3. The van der Waals surface area contributed by atoms with E-state index in [0.717, 1.165) is 25.5 Å². The van der Waals surface area contributed by atoms with Crippen LogP contribution in [0.5, 0.6) is 0 Å². The Labute approximate surface area is 276 Å². The van der Waals surface area contributed by atoms with E-state index in [1.54, 1.807) is 43.4 Å². The molecule has 1 fully saturated rings. The SMILES string of the molecule is COCC(c1ccc2nc([C@H](COC(C)(C)C(F)(F)F)NC(=O)OC(C)(C)C)n(COCC[Si](C)(C)C)c2c1)N1CC(C)(C)NC1=O. The molecule has 0 bridgehead atoms. The molecule has 3 rings (SSSR count). The molecule has 15 heteroatoms. The van der Waals surface area contributed by atoms with E-state index in [4.69, 9.17) is 23.9 Å². The van der Waals surface area contributed by atoms with Gasteiger partial charge in [-0.05, 0) is 72.2 Å². The molecule has 266 valence electrons. The summed E-state index contributed by atoms with van der Waals surface area (Å²) in [7, 11) is 0.126. The zero-order valence-corrected chi connectivity index (χ0v) is 30.6. The van der Waals surface area contributed by atoms with Crippen LogP contribution >= 0.6 is 0 Å². The van der Waals surface area contributed by atoms with Crippen molar-refractivity contribution >= 4 is 31.2 Å². The van der Waals surface area contributed by atoms with Gasteiger partial charge in [-0.15, -0.1) is 0 Å². The monoisotopic (exact) mass is 687 g/mol. The Morgan fingerprint density at radius 1 is 1.13 bits per heavy atom. The molecule has 0 radical (unpaired) electrons. The predicted molar refractivity (Wildman–Crippen MR) is 176 cm³/mol. The third kappa shape index (κ3) is 10.6. The standard InChI is InChI=1S/C32H52F3N5O6Si/c1-29(2,3)46-28(42)37-23(17-45-31(6,7)32(33,34)35)26-36-22-13-12-21(16-24(22)40(26)20-44-14-15-47(9,10)11)25(18-43-8)39-19-30(4,5)38-27(39)41/h12-13,16,23,25H,14-15,17-20H2,1-11H3,(H,37,42)(H,38,41)/t23-,25?/m0/s1. The maximum atomic E-state index is 13.8. The normalized spacial score (nSPS) is 17.1. The van der Waals surface area contributed by atoms with Crippen LogP contribution in [0.15, 0.2) is 18.2 Å². The van der Waals surface area contributed by atoms with Crippen LogP contribution in [0.1, 0.15) is 71.9 Å². The summed E-state index contributed by atoms with van der Waals surface area (Å²) in [6.07, 6.45) is -5.50. The number of alkyl halides is 3. The average Bonchev–Trinajstić information content (AvgIpc) is 3.39. The number of urea groups is 1. The summed E-state index contributed by atoms with van der Waals surface area (Å²) in [5, 5.41) is 5.67. The van der Waals surface area contributed by atoms with E-state index in [1.807, 2.05) is 26.0 Å².